The fourth-order valence-electron chi connectivity index (χ4n) is 3.01. The van der Waals surface area contributed by atoms with E-state index in [4.69, 9.17) is 0 Å². The highest BCUT2D eigenvalue weighted by Crippen LogP contribution is 2.17. The van der Waals surface area contributed by atoms with Gasteiger partial charge in [0.25, 0.3) is 11.8 Å². The second-order valence-corrected chi connectivity index (χ2v) is 7.03. The molecule has 1 aliphatic heterocycles. The molecule has 3 rings (SSSR count). The Morgan fingerprint density at radius 1 is 1.13 bits per heavy atom. The highest BCUT2D eigenvalue weighted by molar-refractivity contribution is 5.98. The maximum atomic E-state index is 13.8. The van der Waals surface area contributed by atoms with Crippen molar-refractivity contribution in [1.29, 1.82) is 0 Å². The maximum absolute atomic E-state index is 13.8. The van der Waals surface area contributed by atoms with Gasteiger partial charge in [0.2, 0.25) is 5.43 Å². The highest BCUT2D eigenvalue weighted by atomic mass is 19.1. The molecule has 0 fully saturated rings. The summed E-state index contributed by atoms with van der Waals surface area (Å²) in [6, 6.07) is 0.172. The molecule has 2 aromatic rings. The number of hydrogen-bond acceptors (Lipinski definition) is 5. The summed E-state index contributed by atoms with van der Waals surface area (Å²) in [7, 11) is 0. The summed E-state index contributed by atoms with van der Waals surface area (Å²) in [5.74, 6) is -6.32. The average molecular weight is 436 g/mol. The van der Waals surface area contributed by atoms with Crippen LogP contribution >= 0.6 is 0 Å². The van der Waals surface area contributed by atoms with E-state index in [1.165, 1.54) is 0 Å². The molecule has 164 valence electrons. The Bertz CT molecular complexity index is 1120. The number of carbonyl (C=O) groups excluding carboxylic acids is 2. The molecule has 1 aromatic carbocycles. The van der Waals surface area contributed by atoms with Crippen LogP contribution in [0.15, 0.2) is 35.3 Å². The highest BCUT2D eigenvalue weighted by Gasteiger charge is 2.26. The molecule has 1 aliphatic rings. The number of fused-ring (bicyclic) bond motifs is 1. The van der Waals surface area contributed by atoms with Gasteiger partial charge in [-0.1, -0.05) is 12.2 Å². The molecule has 8 nitrogen and oxygen atoms in total. The number of nitrogens with zero attached hydrogens (tertiary/aromatic N) is 1. The van der Waals surface area contributed by atoms with E-state index in [0.717, 1.165) is 10.9 Å². The Kier molecular flexibility index (Phi) is 6.04. The lowest BCUT2D eigenvalue weighted by Gasteiger charge is -2.19. The first-order valence-electron chi connectivity index (χ1n) is 9.24. The van der Waals surface area contributed by atoms with Gasteiger partial charge in [0.15, 0.2) is 11.4 Å². The van der Waals surface area contributed by atoms with Crippen molar-refractivity contribution in [2.75, 3.05) is 5.43 Å². The topological polar surface area (TPSA) is 112 Å². The van der Waals surface area contributed by atoms with E-state index >= 15 is 0 Å². The molecule has 2 unspecified atom stereocenters. The third kappa shape index (κ3) is 4.55. The number of benzene rings is 1. The predicted molar refractivity (Wildman–Crippen MR) is 105 cm³/mol. The molecule has 4 N–H and O–H groups in total. The van der Waals surface area contributed by atoms with E-state index in [0.29, 0.717) is 12.1 Å². The number of hydrogen-bond donors (Lipinski definition) is 4. The molecule has 1 aromatic heterocycles. The quantitative estimate of drug-likeness (QED) is 0.545. The molecular weight excluding hydrogens is 417 g/mol. The SMILES string of the molecule is CC1/C=C\C(C)Nn2cc(C(=O)NCc3c(F)cc(F)cc3F)c(=O)c(O)c2C(=O)N1. The molecule has 2 amide bonds. The third-order valence-corrected chi connectivity index (χ3v) is 4.56. The van der Waals surface area contributed by atoms with Crippen molar-refractivity contribution in [2.24, 2.45) is 0 Å². The van der Waals surface area contributed by atoms with Crippen LogP contribution in [0.4, 0.5) is 13.2 Å². The standard InChI is InChI=1S/C20H19F3N4O4/c1-9-3-4-10(2)26-27-8-13(17(28)18(29)16(27)20(31)25-9)19(30)24-7-12-14(22)5-11(21)6-15(12)23/h3-6,8-10,26,29H,7H2,1-2H3,(H,24,30)(H,25,31)/b4-3-. The van der Waals surface area contributed by atoms with Crippen molar-refractivity contribution in [2.45, 2.75) is 32.5 Å². The predicted octanol–water partition coefficient (Wildman–Crippen LogP) is 1.52. The van der Waals surface area contributed by atoms with Crippen molar-refractivity contribution in [3.63, 3.8) is 0 Å². The van der Waals surface area contributed by atoms with Crippen LogP contribution in [0, 0.1) is 17.5 Å². The lowest BCUT2D eigenvalue weighted by Crippen LogP contribution is -2.38. The second-order valence-electron chi connectivity index (χ2n) is 7.03. The van der Waals surface area contributed by atoms with E-state index in [1.54, 1.807) is 26.0 Å². The Labute approximate surface area is 174 Å². The van der Waals surface area contributed by atoms with Crippen LogP contribution in [0.25, 0.3) is 0 Å². The summed E-state index contributed by atoms with van der Waals surface area (Å²) in [6.45, 7) is 2.75. The van der Waals surface area contributed by atoms with Gasteiger partial charge in [0.05, 0.1) is 6.04 Å². The summed E-state index contributed by atoms with van der Waals surface area (Å²) in [6.07, 6.45) is 4.44. The Morgan fingerprint density at radius 2 is 1.74 bits per heavy atom. The van der Waals surface area contributed by atoms with Crippen molar-refractivity contribution >= 4 is 11.8 Å². The van der Waals surface area contributed by atoms with Gasteiger partial charge in [-0.2, -0.15) is 0 Å². The van der Waals surface area contributed by atoms with Crippen LogP contribution in [0.5, 0.6) is 5.75 Å². The van der Waals surface area contributed by atoms with Crippen molar-refractivity contribution in [1.82, 2.24) is 15.3 Å². The van der Waals surface area contributed by atoms with Gasteiger partial charge in [0.1, 0.15) is 23.0 Å². The molecule has 0 spiro atoms. The summed E-state index contributed by atoms with van der Waals surface area (Å²) in [5.41, 5.74) is 0.115. The zero-order valence-corrected chi connectivity index (χ0v) is 16.5. The summed E-state index contributed by atoms with van der Waals surface area (Å²) in [5, 5.41) is 15.1. The van der Waals surface area contributed by atoms with Gasteiger partial charge < -0.3 is 21.2 Å². The Morgan fingerprint density at radius 3 is 2.39 bits per heavy atom. The average Bonchev–Trinajstić information content (AvgIpc) is 2.72. The molecule has 11 heteroatoms. The number of aromatic hydroxyl groups is 1. The van der Waals surface area contributed by atoms with E-state index in [1.807, 2.05) is 0 Å². The number of halogens is 3. The summed E-state index contributed by atoms with van der Waals surface area (Å²) in [4.78, 5) is 37.5. The van der Waals surface area contributed by atoms with Crippen molar-refractivity contribution in [3.05, 3.63) is 75.0 Å². The minimum Gasteiger partial charge on any atom is -0.502 e. The van der Waals surface area contributed by atoms with Crippen LogP contribution in [0.3, 0.4) is 0 Å². The lowest BCUT2D eigenvalue weighted by molar-refractivity contribution is 0.0924. The largest absolute Gasteiger partial charge is 0.502 e. The van der Waals surface area contributed by atoms with Gasteiger partial charge in [-0.15, -0.1) is 0 Å². The first-order valence-corrected chi connectivity index (χ1v) is 9.24. The zero-order valence-electron chi connectivity index (χ0n) is 16.5. The Balaban J connectivity index is 1.96. The van der Waals surface area contributed by atoms with Crippen LogP contribution in [0.1, 0.15) is 40.3 Å². The maximum Gasteiger partial charge on any atom is 0.274 e. The van der Waals surface area contributed by atoms with Gasteiger partial charge in [-0.25, -0.2) is 13.2 Å². The molecule has 2 heterocycles. The monoisotopic (exact) mass is 436 g/mol. The molecule has 0 saturated carbocycles. The number of amides is 2. The molecule has 0 bridgehead atoms. The third-order valence-electron chi connectivity index (χ3n) is 4.56. The van der Waals surface area contributed by atoms with Crippen molar-refractivity contribution < 1.29 is 27.9 Å². The smallest absolute Gasteiger partial charge is 0.274 e. The first-order chi connectivity index (χ1) is 14.6. The lowest BCUT2D eigenvalue weighted by atomic mass is 10.1. The summed E-state index contributed by atoms with van der Waals surface area (Å²) >= 11 is 0. The molecule has 0 radical (unpaired) electrons. The summed E-state index contributed by atoms with van der Waals surface area (Å²) < 4.78 is 41.6. The number of pyridine rings is 1. The Hall–Kier alpha value is -3.76. The molecule has 0 saturated heterocycles. The number of rotatable bonds is 3. The first kappa shape index (κ1) is 21.9. The van der Waals surface area contributed by atoms with Gasteiger partial charge in [-0.3, -0.25) is 19.1 Å². The molecule has 0 aliphatic carbocycles. The van der Waals surface area contributed by atoms with Crippen LogP contribution in [0.2, 0.25) is 0 Å². The fourth-order valence-corrected chi connectivity index (χ4v) is 3.01. The zero-order chi connectivity index (χ0) is 22.9. The molecular formula is C20H19F3N4O4. The van der Waals surface area contributed by atoms with Crippen LogP contribution in [-0.4, -0.2) is 33.7 Å². The number of nitrogens with one attached hydrogen (secondary N) is 3. The fraction of sp³-hybridized carbons (Fsp3) is 0.250. The van der Waals surface area contributed by atoms with E-state index in [9.17, 15) is 32.7 Å². The minimum atomic E-state index is -1.21. The van der Waals surface area contributed by atoms with E-state index < -0.39 is 63.8 Å². The number of aromatic nitrogens is 1. The number of carbonyl (C=O) groups is 2. The molecule has 2 atom stereocenters. The van der Waals surface area contributed by atoms with Gasteiger partial charge in [0, 0.05) is 36.5 Å². The van der Waals surface area contributed by atoms with Gasteiger partial charge >= 0.3 is 0 Å². The molecule has 31 heavy (non-hydrogen) atoms. The normalized spacial score (nSPS) is 19.2. The van der Waals surface area contributed by atoms with Crippen LogP contribution in [-0.2, 0) is 6.54 Å². The second kappa shape index (κ2) is 8.54. The minimum absolute atomic E-state index is 0.353. The van der Waals surface area contributed by atoms with Crippen LogP contribution < -0.4 is 21.5 Å². The van der Waals surface area contributed by atoms with Crippen molar-refractivity contribution in [3.8, 4) is 5.75 Å². The van der Waals surface area contributed by atoms with E-state index in [-0.39, 0.29) is 12.1 Å². The van der Waals surface area contributed by atoms with E-state index in [2.05, 4.69) is 16.1 Å². The van der Waals surface area contributed by atoms with Gasteiger partial charge in [-0.05, 0) is 13.8 Å².